The topological polar surface area (TPSA) is 66.7 Å². The van der Waals surface area contributed by atoms with Crippen LogP contribution in [0.25, 0.3) is 11.7 Å². The normalized spacial score (nSPS) is 21.6. The molecule has 0 aromatic carbocycles. The number of fused-ring (bicyclic) bond motifs is 1. The summed E-state index contributed by atoms with van der Waals surface area (Å²) in [5.74, 6) is 1.19. The summed E-state index contributed by atoms with van der Waals surface area (Å²) in [4.78, 5) is 33.9. The molecule has 3 heterocycles. The maximum Gasteiger partial charge on any atom is 0.267 e. The maximum absolute atomic E-state index is 13.6. The summed E-state index contributed by atoms with van der Waals surface area (Å²) in [6, 6.07) is 4.08. The van der Waals surface area contributed by atoms with Gasteiger partial charge in [-0.3, -0.25) is 18.9 Å². The SMILES string of the molecule is CCCCCCCCN1C(=O)/C(=C\c2c(NC3CCC(C)CC3)nc3c(C)cccn3c2=O)SC1=S. The van der Waals surface area contributed by atoms with Crippen LogP contribution in [0.15, 0.2) is 28.0 Å². The molecule has 0 spiro atoms. The first-order valence-electron chi connectivity index (χ1n) is 13.4. The van der Waals surface area contributed by atoms with Gasteiger partial charge in [0.25, 0.3) is 11.5 Å². The minimum Gasteiger partial charge on any atom is -0.367 e. The lowest BCUT2D eigenvalue weighted by atomic mass is 9.87. The van der Waals surface area contributed by atoms with E-state index in [1.54, 1.807) is 21.6 Å². The first-order valence-corrected chi connectivity index (χ1v) is 14.7. The minimum absolute atomic E-state index is 0.107. The standard InChI is InChI=1S/C28H38N4O2S2/c1-4-5-6-7-8-9-16-32-27(34)23(36-28(32)35)18-22-24(29-21-14-12-19(2)13-15-21)30-25-20(3)11-10-17-31(25)26(22)33/h10-11,17-19,21,29H,4-9,12-16H2,1-3H3/b23-18+. The van der Waals surface area contributed by atoms with Gasteiger partial charge < -0.3 is 5.32 Å². The number of rotatable bonds is 10. The number of carbonyl (C=O) groups is 1. The maximum atomic E-state index is 13.6. The van der Waals surface area contributed by atoms with E-state index in [1.165, 1.54) is 37.4 Å². The molecule has 2 aliphatic rings. The van der Waals surface area contributed by atoms with Gasteiger partial charge in [0.15, 0.2) is 0 Å². The van der Waals surface area contributed by atoms with E-state index in [9.17, 15) is 9.59 Å². The predicted octanol–water partition coefficient (Wildman–Crippen LogP) is 6.56. The Bertz CT molecular complexity index is 1200. The number of thioether (sulfide) groups is 1. The lowest BCUT2D eigenvalue weighted by Gasteiger charge is -2.28. The molecule has 194 valence electrons. The van der Waals surface area contributed by atoms with Crippen molar-refractivity contribution >= 4 is 51.7 Å². The van der Waals surface area contributed by atoms with Crippen LogP contribution >= 0.6 is 24.0 Å². The van der Waals surface area contributed by atoms with Gasteiger partial charge in [0.1, 0.15) is 15.8 Å². The Labute approximate surface area is 223 Å². The molecule has 0 radical (unpaired) electrons. The number of aryl methyl sites for hydroxylation is 1. The third-order valence-corrected chi connectivity index (χ3v) is 8.70. The lowest BCUT2D eigenvalue weighted by Crippen LogP contribution is -2.30. The molecule has 8 heteroatoms. The molecule has 1 N–H and O–H groups in total. The van der Waals surface area contributed by atoms with Crippen molar-refractivity contribution in [3.8, 4) is 0 Å². The van der Waals surface area contributed by atoms with E-state index in [0.29, 0.717) is 32.8 Å². The van der Waals surface area contributed by atoms with Crippen LogP contribution < -0.4 is 10.9 Å². The molecule has 0 bridgehead atoms. The predicted molar refractivity (Wildman–Crippen MR) is 154 cm³/mol. The van der Waals surface area contributed by atoms with Gasteiger partial charge in [-0.25, -0.2) is 4.98 Å². The lowest BCUT2D eigenvalue weighted by molar-refractivity contribution is -0.122. The van der Waals surface area contributed by atoms with E-state index < -0.39 is 0 Å². The summed E-state index contributed by atoms with van der Waals surface area (Å²) < 4.78 is 2.15. The number of aromatic nitrogens is 2. The number of nitrogens with one attached hydrogen (secondary N) is 1. The third-order valence-electron chi connectivity index (χ3n) is 7.33. The van der Waals surface area contributed by atoms with E-state index in [2.05, 4.69) is 19.2 Å². The van der Waals surface area contributed by atoms with Gasteiger partial charge in [-0.1, -0.05) is 76.0 Å². The summed E-state index contributed by atoms with van der Waals surface area (Å²) in [7, 11) is 0. The molecule has 0 unspecified atom stereocenters. The van der Waals surface area contributed by atoms with Crippen molar-refractivity contribution in [1.29, 1.82) is 0 Å². The Morgan fingerprint density at radius 3 is 2.61 bits per heavy atom. The van der Waals surface area contributed by atoms with Crippen LogP contribution in [0.2, 0.25) is 0 Å². The molecule has 1 saturated heterocycles. The number of hydrogen-bond acceptors (Lipinski definition) is 6. The molecule has 1 amide bonds. The zero-order chi connectivity index (χ0) is 25.7. The van der Waals surface area contributed by atoms with E-state index in [0.717, 1.165) is 50.0 Å². The smallest absolute Gasteiger partial charge is 0.267 e. The molecule has 1 aliphatic carbocycles. The molecule has 2 fully saturated rings. The summed E-state index contributed by atoms with van der Waals surface area (Å²) in [5, 5.41) is 3.56. The Morgan fingerprint density at radius 2 is 1.86 bits per heavy atom. The monoisotopic (exact) mass is 526 g/mol. The summed E-state index contributed by atoms with van der Waals surface area (Å²) in [6.45, 7) is 7.09. The van der Waals surface area contributed by atoms with Crippen LogP contribution in [0, 0.1) is 12.8 Å². The highest BCUT2D eigenvalue weighted by molar-refractivity contribution is 8.26. The van der Waals surface area contributed by atoms with Crippen molar-refractivity contribution in [2.24, 2.45) is 5.92 Å². The Balaban J connectivity index is 1.60. The molecule has 1 saturated carbocycles. The third kappa shape index (κ3) is 6.20. The fourth-order valence-electron chi connectivity index (χ4n) is 5.02. The van der Waals surface area contributed by atoms with Gasteiger partial charge >= 0.3 is 0 Å². The van der Waals surface area contributed by atoms with Crippen molar-refractivity contribution in [2.75, 3.05) is 11.9 Å². The van der Waals surface area contributed by atoms with Gasteiger partial charge in [0, 0.05) is 18.8 Å². The quantitative estimate of drug-likeness (QED) is 0.215. The van der Waals surface area contributed by atoms with Gasteiger partial charge in [-0.05, 0) is 62.7 Å². The van der Waals surface area contributed by atoms with Crippen molar-refractivity contribution in [1.82, 2.24) is 14.3 Å². The minimum atomic E-state index is -0.170. The van der Waals surface area contributed by atoms with Crippen molar-refractivity contribution in [3.63, 3.8) is 0 Å². The Hall–Kier alpha value is -2.19. The van der Waals surface area contributed by atoms with Crippen molar-refractivity contribution in [3.05, 3.63) is 44.7 Å². The number of thiocarbonyl (C=S) groups is 1. The van der Waals surface area contributed by atoms with E-state index in [-0.39, 0.29) is 17.5 Å². The van der Waals surface area contributed by atoms with Crippen molar-refractivity contribution < 1.29 is 4.79 Å². The second kappa shape index (κ2) is 12.4. The zero-order valence-electron chi connectivity index (χ0n) is 21.7. The first kappa shape index (κ1) is 26.9. The molecule has 2 aromatic rings. The number of unbranched alkanes of at least 4 members (excludes halogenated alkanes) is 5. The molecular weight excluding hydrogens is 488 g/mol. The van der Waals surface area contributed by atoms with E-state index in [1.807, 2.05) is 19.1 Å². The largest absolute Gasteiger partial charge is 0.367 e. The average Bonchev–Trinajstić information content (AvgIpc) is 3.13. The molecule has 1 aliphatic heterocycles. The molecule has 0 atom stereocenters. The number of carbonyl (C=O) groups excluding carboxylic acids is 1. The van der Waals surface area contributed by atoms with Gasteiger partial charge in [0.2, 0.25) is 0 Å². The highest BCUT2D eigenvalue weighted by atomic mass is 32.2. The molecule has 36 heavy (non-hydrogen) atoms. The second-order valence-electron chi connectivity index (χ2n) is 10.3. The van der Waals surface area contributed by atoms with Crippen LogP contribution in [0.5, 0.6) is 0 Å². The Morgan fingerprint density at radius 1 is 1.14 bits per heavy atom. The highest BCUT2D eigenvalue weighted by Gasteiger charge is 2.32. The number of nitrogens with zero attached hydrogens (tertiary/aromatic N) is 3. The summed E-state index contributed by atoms with van der Waals surface area (Å²) >= 11 is 6.83. The summed E-state index contributed by atoms with van der Waals surface area (Å²) in [6.07, 6.45) is 14.8. The van der Waals surface area contributed by atoms with Crippen LogP contribution in [-0.4, -0.2) is 37.1 Å². The van der Waals surface area contributed by atoms with Crippen LogP contribution in [0.4, 0.5) is 5.82 Å². The number of hydrogen-bond donors (Lipinski definition) is 1. The summed E-state index contributed by atoms with van der Waals surface area (Å²) in [5.41, 5.74) is 1.84. The van der Waals surface area contributed by atoms with E-state index >= 15 is 0 Å². The van der Waals surface area contributed by atoms with Gasteiger partial charge in [-0.15, -0.1) is 0 Å². The van der Waals surface area contributed by atoms with E-state index in [4.69, 9.17) is 17.2 Å². The van der Waals surface area contributed by atoms with Crippen LogP contribution in [-0.2, 0) is 4.79 Å². The Kier molecular flexibility index (Phi) is 9.23. The van der Waals surface area contributed by atoms with Gasteiger partial charge in [0.05, 0.1) is 10.5 Å². The first-order chi connectivity index (χ1) is 17.4. The molecule has 4 rings (SSSR count). The number of anilines is 1. The average molecular weight is 527 g/mol. The number of amides is 1. The second-order valence-corrected chi connectivity index (χ2v) is 11.9. The molecule has 6 nitrogen and oxygen atoms in total. The van der Waals surface area contributed by atoms with Crippen LogP contribution in [0.1, 0.15) is 89.2 Å². The molecule has 2 aromatic heterocycles. The molecular formula is C28H38N4O2S2. The van der Waals surface area contributed by atoms with Crippen LogP contribution in [0.3, 0.4) is 0 Å². The zero-order valence-corrected chi connectivity index (χ0v) is 23.3. The van der Waals surface area contributed by atoms with Crippen molar-refractivity contribution in [2.45, 2.75) is 91.0 Å². The van der Waals surface area contributed by atoms with Gasteiger partial charge in [-0.2, -0.15) is 0 Å². The fourth-order valence-corrected chi connectivity index (χ4v) is 6.31. The highest BCUT2D eigenvalue weighted by Crippen LogP contribution is 2.34. The fraction of sp³-hybridized carbons (Fsp3) is 0.571. The number of pyridine rings is 1.